The van der Waals surface area contributed by atoms with Gasteiger partial charge >= 0.3 is 0 Å². The lowest BCUT2D eigenvalue weighted by molar-refractivity contribution is -0.130. The van der Waals surface area contributed by atoms with Crippen molar-refractivity contribution >= 4 is 17.5 Å². The van der Waals surface area contributed by atoms with Crippen molar-refractivity contribution in [3.8, 4) is 0 Å². The van der Waals surface area contributed by atoms with Crippen LogP contribution in [0, 0.1) is 5.92 Å². The van der Waals surface area contributed by atoms with Crippen molar-refractivity contribution in [1.82, 2.24) is 4.90 Å². The second-order valence-electron chi connectivity index (χ2n) is 4.41. The number of carbonyl (C=O) groups excluding carboxylic acids is 1. The molecule has 0 heterocycles. The van der Waals surface area contributed by atoms with E-state index in [9.17, 15) is 4.79 Å². The van der Waals surface area contributed by atoms with E-state index in [4.69, 9.17) is 11.6 Å². The molecule has 0 bridgehead atoms. The topological polar surface area (TPSA) is 20.3 Å². The Bertz CT molecular complexity index is 188. The van der Waals surface area contributed by atoms with Crippen LogP contribution in [-0.4, -0.2) is 29.8 Å². The molecular weight excluding hydrogens is 198 g/mol. The Labute approximate surface area is 91.6 Å². The van der Waals surface area contributed by atoms with E-state index in [0.29, 0.717) is 12.5 Å². The van der Waals surface area contributed by atoms with Gasteiger partial charge in [-0.05, 0) is 25.7 Å². The van der Waals surface area contributed by atoms with Crippen molar-refractivity contribution in [2.75, 3.05) is 13.6 Å². The van der Waals surface area contributed by atoms with Gasteiger partial charge in [0.2, 0.25) is 5.91 Å². The third-order valence-corrected chi connectivity index (χ3v) is 3.03. The van der Waals surface area contributed by atoms with Gasteiger partial charge in [0.15, 0.2) is 0 Å². The van der Waals surface area contributed by atoms with Crippen LogP contribution >= 0.6 is 11.6 Å². The van der Waals surface area contributed by atoms with Gasteiger partial charge in [0.1, 0.15) is 0 Å². The summed E-state index contributed by atoms with van der Waals surface area (Å²) in [6, 6.07) is 0. The van der Waals surface area contributed by atoms with Crippen molar-refractivity contribution in [3.63, 3.8) is 0 Å². The van der Waals surface area contributed by atoms with Gasteiger partial charge in [0, 0.05) is 25.4 Å². The van der Waals surface area contributed by atoms with Crippen LogP contribution in [-0.2, 0) is 4.79 Å². The lowest BCUT2D eigenvalue weighted by Gasteiger charge is -2.20. The standard InChI is InChI=1S/C11H20ClNO/c1-9(12)8-13(2)11(14)7-10-5-3-4-6-10/h9-10H,3-8H2,1-2H3. The maximum Gasteiger partial charge on any atom is 0.222 e. The summed E-state index contributed by atoms with van der Waals surface area (Å²) in [6.45, 7) is 2.58. The third-order valence-electron chi connectivity index (χ3n) is 2.89. The van der Waals surface area contributed by atoms with E-state index in [1.165, 1.54) is 25.7 Å². The zero-order chi connectivity index (χ0) is 10.6. The molecule has 0 aliphatic heterocycles. The predicted molar refractivity (Wildman–Crippen MR) is 59.5 cm³/mol. The van der Waals surface area contributed by atoms with Gasteiger partial charge in [-0.2, -0.15) is 0 Å². The third kappa shape index (κ3) is 3.87. The number of amides is 1. The van der Waals surface area contributed by atoms with Crippen LogP contribution in [0.4, 0.5) is 0 Å². The average Bonchev–Trinajstić information content (AvgIpc) is 2.55. The molecule has 0 radical (unpaired) electrons. The van der Waals surface area contributed by atoms with Gasteiger partial charge in [-0.15, -0.1) is 11.6 Å². The minimum Gasteiger partial charge on any atom is -0.344 e. The molecule has 0 N–H and O–H groups in total. The van der Waals surface area contributed by atoms with Gasteiger partial charge < -0.3 is 4.90 Å². The molecule has 14 heavy (non-hydrogen) atoms. The highest BCUT2D eigenvalue weighted by molar-refractivity contribution is 6.20. The summed E-state index contributed by atoms with van der Waals surface area (Å²) in [7, 11) is 1.84. The van der Waals surface area contributed by atoms with Crippen LogP contribution in [0.15, 0.2) is 0 Å². The highest BCUT2D eigenvalue weighted by atomic mass is 35.5. The molecule has 0 aromatic heterocycles. The molecule has 0 spiro atoms. The fourth-order valence-electron chi connectivity index (χ4n) is 2.10. The monoisotopic (exact) mass is 217 g/mol. The Kier molecular flexibility index (Phi) is 4.73. The van der Waals surface area contributed by atoms with Crippen LogP contribution in [0.5, 0.6) is 0 Å². The normalized spacial score (nSPS) is 19.6. The number of nitrogens with zero attached hydrogens (tertiary/aromatic N) is 1. The van der Waals surface area contributed by atoms with E-state index >= 15 is 0 Å². The fraction of sp³-hybridized carbons (Fsp3) is 0.909. The van der Waals surface area contributed by atoms with E-state index in [2.05, 4.69) is 0 Å². The van der Waals surface area contributed by atoms with Gasteiger partial charge in [-0.3, -0.25) is 4.79 Å². The molecule has 3 heteroatoms. The largest absolute Gasteiger partial charge is 0.344 e. The first-order chi connectivity index (χ1) is 6.59. The molecule has 1 unspecified atom stereocenters. The molecule has 0 aromatic rings. The van der Waals surface area contributed by atoms with Gasteiger partial charge in [-0.1, -0.05) is 12.8 Å². The van der Waals surface area contributed by atoms with Crippen LogP contribution in [0.2, 0.25) is 0 Å². The van der Waals surface area contributed by atoms with Crippen LogP contribution in [0.3, 0.4) is 0 Å². The Hall–Kier alpha value is -0.240. The summed E-state index contributed by atoms with van der Waals surface area (Å²) in [4.78, 5) is 13.5. The fourth-order valence-corrected chi connectivity index (χ4v) is 2.30. The lowest BCUT2D eigenvalue weighted by atomic mass is 10.0. The molecule has 0 aromatic carbocycles. The van der Waals surface area contributed by atoms with E-state index in [1.54, 1.807) is 4.90 Å². The Morgan fingerprint density at radius 1 is 1.50 bits per heavy atom. The Morgan fingerprint density at radius 2 is 2.07 bits per heavy atom. The Balaban J connectivity index is 2.25. The number of hydrogen-bond acceptors (Lipinski definition) is 1. The molecule has 2 nitrogen and oxygen atoms in total. The average molecular weight is 218 g/mol. The molecule has 1 rings (SSSR count). The summed E-state index contributed by atoms with van der Waals surface area (Å²) in [5.41, 5.74) is 0. The number of rotatable bonds is 4. The lowest BCUT2D eigenvalue weighted by Crippen LogP contribution is -2.32. The number of alkyl halides is 1. The van der Waals surface area contributed by atoms with E-state index in [0.717, 1.165) is 6.42 Å². The Morgan fingerprint density at radius 3 is 2.57 bits per heavy atom. The van der Waals surface area contributed by atoms with E-state index in [1.807, 2.05) is 14.0 Å². The quantitative estimate of drug-likeness (QED) is 0.663. The summed E-state index contributed by atoms with van der Waals surface area (Å²) >= 11 is 5.84. The maximum atomic E-state index is 11.7. The van der Waals surface area contributed by atoms with Crippen molar-refractivity contribution in [2.24, 2.45) is 5.92 Å². The number of carbonyl (C=O) groups is 1. The minimum absolute atomic E-state index is 0.0486. The molecule has 0 saturated heterocycles. The molecule has 82 valence electrons. The van der Waals surface area contributed by atoms with Gasteiger partial charge in [-0.25, -0.2) is 0 Å². The molecule has 1 amide bonds. The summed E-state index contributed by atoms with van der Waals surface area (Å²) < 4.78 is 0. The summed E-state index contributed by atoms with van der Waals surface area (Å²) in [6.07, 6.45) is 5.78. The first-order valence-corrected chi connectivity index (χ1v) is 5.91. The highest BCUT2D eigenvalue weighted by Crippen LogP contribution is 2.27. The van der Waals surface area contributed by atoms with Gasteiger partial charge in [0.05, 0.1) is 0 Å². The van der Waals surface area contributed by atoms with E-state index in [-0.39, 0.29) is 11.3 Å². The smallest absolute Gasteiger partial charge is 0.222 e. The van der Waals surface area contributed by atoms with Crippen molar-refractivity contribution in [2.45, 2.75) is 44.4 Å². The molecular formula is C11H20ClNO. The second kappa shape index (κ2) is 5.59. The van der Waals surface area contributed by atoms with Crippen LogP contribution < -0.4 is 0 Å². The zero-order valence-electron chi connectivity index (χ0n) is 9.13. The van der Waals surface area contributed by atoms with Crippen molar-refractivity contribution in [3.05, 3.63) is 0 Å². The predicted octanol–water partition coefficient (Wildman–Crippen LogP) is 2.65. The SMILES string of the molecule is CC(Cl)CN(C)C(=O)CC1CCCC1. The first-order valence-electron chi connectivity index (χ1n) is 5.47. The van der Waals surface area contributed by atoms with Crippen molar-refractivity contribution < 1.29 is 4.79 Å². The van der Waals surface area contributed by atoms with E-state index < -0.39 is 0 Å². The molecule has 1 fully saturated rings. The molecule has 1 aliphatic rings. The summed E-state index contributed by atoms with van der Waals surface area (Å²) in [5.74, 6) is 0.889. The molecule has 1 saturated carbocycles. The maximum absolute atomic E-state index is 11.7. The number of halogens is 1. The first kappa shape index (κ1) is 11.8. The van der Waals surface area contributed by atoms with Crippen LogP contribution in [0.1, 0.15) is 39.0 Å². The zero-order valence-corrected chi connectivity index (χ0v) is 9.89. The highest BCUT2D eigenvalue weighted by Gasteiger charge is 2.20. The summed E-state index contributed by atoms with van der Waals surface area (Å²) in [5, 5.41) is 0.0486. The van der Waals surface area contributed by atoms with Crippen molar-refractivity contribution in [1.29, 1.82) is 0 Å². The minimum atomic E-state index is 0.0486. The van der Waals surface area contributed by atoms with Gasteiger partial charge in [0.25, 0.3) is 0 Å². The molecule has 1 atom stereocenters. The van der Waals surface area contributed by atoms with Crippen LogP contribution in [0.25, 0.3) is 0 Å². The number of hydrogen-bond donors (Lipinski definition) is 0. The molecule has 1 aliphatic carbocycles. The second-order valence-corrected chi connectivity index (χ2v) is 5.15.